The molecule has 0 atom stereocenters. The molecule has 0 N–H and O–H groups in total. The molecule has 4 nitrogen and oxygen atoms in total. The van der Waals surface area contributed by atoms with E-state index in [4.69, 9.17) is 9.47 Å². The number of methoxy groups -OCH3 is 1. The third kappa shape index (κ3) is 2.19. The van der Waals surface area contributed by atoms with Crippen LogP contribution in [0.1, 0.15) is 22.8 Å². The molecule has 1 aromatic heterocycles. The normalized spacial score (nSPS) is 14.9. The number of hydrogen-bond acceptors (Lipinski definition) is 3. The predicted octanol–water partition coefficient (Wildman–Crippen LogP) is 4.29. The number of para-hydroxylation sites is 1. The monoisotopic (exact) mass is 319 g/mol. The van der Waals surface area contributed by atoms with E-state index in [2.05, 4.69) is 29.8 Å². The summed E-state index contributed by atoms with van der Waals surface area (Å²) in [5, 5.41) is 1.11. The van der Waals surface area contributed by atoms with E-state index in [0.29, 0.717) is 22.8 Å². The van der Waals surface area contributed by atoms with Gasteiger partial charge in [0.1, 0.15) is 11.5 Å². The topological polar surface area (TPSA) is 40.5 Å². The molecule has 4 rings (SSSR count). The minimum atomic E-state index is -0.0963. The van der Waals surface area contributed by atoms with Crippen LogP contribution in [-0.2, 0) is 6.54 Å². The first kappa shape index (κ1) is 14.6. The van der Waals surface area contributed by atoms with E-state index in [-0.39, 0.29) is 5.78 Å². The average molecular weight is 319 g/mol. The fourth-order valence-corrected chi connectivity index (χ4v) is 3.09. The van der Waals surface area contributed by atoms with Crippen molar-refractivity contribution in [3.05, 3.63) is 65.5 Å². The van der Waals surface area contributed by atoms with Gasteiger partial charge in [-0.25, -0.2) is 0 Å². The maximum atomic E-state index is 12.6. The number of benzene rings is 2. The van der Waals surface area contributed by atoms with Crippen LogP contribution in [0.5, 0.6) is 11.5 Å². The van der Waals surface area contributed by atoms with Crippen molar-refractivity contribution in [3.8, 4) is 11.5 Å². The summed E-state index contributed by atoms with van der Waals surface area (Å²) < 4.78 is 13.1. The number of aromatic nitrogens is 1. The molecule has 120 valence electrons. The largest absolute Gasteiger partial charge is 0.497 e. The summed E-state index contributed by atoms with van der Waals surface area (Å²) in [7, 11) is 1.59. The van der Waals surface area contributed by atoms with Crippen LogP contribution < -0.4 is 9.47 Å². The predicted molar refractivity (Wildman–Crippen MR) is 93.5 cm³/mol. The summed E-state index contributed by atoms with van der Waals surface area (Å²) >= 11 is 0. The molecule has 0 amide bonds. The minimum absolute atomic E-state index is 0.0963. The Morgan fingerprint density at radius 2 is 2.04 bits per heavy atom. The third-order valence-electron chi connectivity index (χ3n) is 4.32. The lowest BCUT2D eigenvalue weighted by molar-refractivity contribution is 0.101. The van der Waals surface area contributed by atoms with Gasteiger partial charge >= 0.3 is 0 Å². The van der Waals surface area contributed by atoms with Crippen molar-refractivity contribution in [2.45, 2.75) is 13.5 Å². The van der Waals surface area contributed by atoms with E-state index < -0.39 is 0 Å². The summed E-state index contributed by atoms with van der Waals surface area (Å²) in [5.74, 6) is 1.47. The Morgan fingerprint density at radius 3 is 2.83 bits per heavy atom. The Balaban J connectivity index is 1.79. The van der Waals surface area contributed by atoms with E-state index in [0.717, 1.165) is 23.0 Å². The second-order valence-corrected chi connectivity index (χ2v) is 5.69. The number of hydrogen-bond donors (Lipinski definition) is 0. The second kappa shape index (κ2) is 5.57. The molecule has 0 aliphatic carbocycles. The molecule has 2 aromatic carbocycles. The summed E-state index contributed by atoms with van der Waals surface area (Å²) in [6, 6.07) is 13.4. The van der Waals surface area contributed by atoms with Crippen molar-refractivity contribution < 1.29 is 14.3 Å². The Labute approximate surface area is 139 Å². The molecule has 3 aromatic rings. The van der Waals surface area contributed by atoms with Crippen LogP contribution in [-0.4, -0.2) is 17.5 Å². The number of carbonyl (C=O) groups is 1. The molecule has 0 fully saturated rings. The standard InChI is InChI=1S/C20H17NO3/c1-3-21-12-13(15-6-4-5-7-17(15)21)10-19-20(22)16-9-8-14(23-2)11-18(16)24-19/h4-12H,3H2,1-2H3. The van der Waals surface area contributed by atoms with E-state index in [9.17, 15) is 4.79 Å². The van der Waals surface area contributed by atoms with Crippen LogP contribution in [0.3, 0.4) is 0 Å². The van der Waals surface area contributed by atoms with Gasteiger partial charge in [0.25, 0.3) is 0 Å². The van der Waals surface area contributed by atoms with Gasteiger partial charge in [-0.05, 0) is 31.2 Å². The first-order valence-electron chi connectivity index (χ1n) is 7.91. The Hall–Kier alpha value is -3.01. The van der Waals surface area contributed by atoms with Crippen LogP contribution in [0.25, 0.3) is 17.0 Å². The van der Waals surface area contributed by atoms with Gasteiger partial charge < -0.3 is 14.0 Å². The van der Waals surface area contributed by atoms with Gasteiger partial charge in [-0.2, -0.15) is 0 Å². The number of allylic oxidation sites excluding steroid dienone is 1. The number of ether oxygens (including phenoxy) is 2. The molecule has 0 unspecified atom stereocenters. The zero-order valence-electron chi connectivity index (χ0n) is 13.6. The maximum absolute atomic E-state index is 12.6. The molecule has 0 spiro atoms. The molecule has 24 heavy (non-hydrogen) atoms. The number of Topliss-reactive ketones (excluding diaryl/α,β-unsaturated/α-hetero) is 1. The summed E-state index contributed by atoms with van der Waals surface area (Å²) in [6.07, 6.45) is 3.88. The molecular weight excluding hydrogens is 302 g/mol. The highest BCUT2D eigenvalue weighted by Gasteiger charge is 2.28. The van der Waals surface area contributed by atoms with Gasteiger partial charge in [0, 0.05) is 35.3 Å². The number of nitrogens with zero attached hydrogens (tertiary/aromatic N) is 1. The number of ketones is 1. The fraction of sp³-hybridized carbons (Fsp3) is 0.150. The Bertz CT molecular complexity index is 982. The zero-order valence-corrected chi connectivity index (χ0v) is 13.6. The van der Waals surface area contributed by atoms with Crippen LogP contribution in [0.4, 0.5) is 0 Å². The van der Waals surface area contributed by atoms with Crippen LogP contribution in [0.2, 0.25) is 0 Å². The number of fused-ring (bicyclic) bond motifs is 2. The highest BCUT2D eigenvalue weighted by atomic mass is 16.5. The summed E-state index contributed by atoms with van der Waals surface area (Å²) in [5.41, 5.74) is 2.70. The van der Waals surface area contributed by atoms with Crippen molar-refractivity contribution in [1.29, 1.82) is 0 Å². The second-order valence-electron chi connectivity index (χ2n) is 5.69. The number of rotatable bonds is 3. The zero-order chi connectivity index (χ0) is 16.7. The molecular formula is C20H17NO3. The average Bonchev–Trinajstić information content (AvgIpc) is 3.13. The van der Waals surface area contributed by atoms with Gasteiger partial charge in [-0.3, -0.25) is 4.79 Å². The SMILES string of the molecule is CCn1cc(C=C2Oc3cc(OC)ccc3C2=O)c2ccccc21. The Morgan fingerprint density at radius 1 is 1.21 bits per heavy atom. The van der Waals surface area contributed by atoms with Crippen molar-refractivity contribution in [1.82, 2.24) is 4.57 Å². The molecule has 2 heterocycles. The lowest BCUT2D eigenvalue weighted by Crippen LogP contribution is -1.97. The van der Waals surface area contributed by atoms with Gasteiger partial charge in [-0.1, -0.05) is 18.2 Å². The quantitative estimate of drug-likeness (QED) is 0.676. The van der Waals surface area contributed by atoms with Crippen molar-refractivity contribution in [2.75, 3.05) is 7.11 Å². The highest BCUT2D eigenvalue weighted by molar-refractivity contribution is 6.15. The van der Waals surface area contributed by atoms with Crippen molar-refractivity contribution in [2.24, 2.45) is 0 Å². The van der Waals surface area contributed by atoms with Gasteiger partial charge in [0.2, 0.25) is 5.78 Å². The minimum Gasteiger partial charge on any atom is -0.497 e. The van der Waals surface area contributed by atoms with E-state index in [1.165, 1.54) is 0 Å². The van der Waals surface area contributed by atoms with Crippen LogP contribution in [0.15, 0.2) is 54.4 Å². The smallest absolute Gasteiger partial charge is 0.231 e. The van der Waals surface area contributed by atoms with Gasteiger partial charge in [0.05, 0.1) is 12.7 Å². The number of carbonyl (C=O) groups excluding carboxylic acids is 1. The van der Waals surface area contributed by atoms with Crippen LogP contribution >= 0.6 is 0 Å². The van der Waals surface area contributed by atoms with Crippen LogP contribution in [0, 0.1) is 0 Å². The lowest BCUT2D eigenvalue weighted by atomic mass is 10.1. The van der Waals surface area contributed by atoms with Gasteiger partial charge in [-0.15, -0.1) is 0 Å². The van der Waals surface area contributed by atoms with E-state index >= 15 is 0 Å². The van der Waals surface area contributed by atoms with Crippen molar-refractivity contribution in [3.63, 3.8) is 0 Å². The third-order valence-corrected chi connectivity index (χ3v) is 4.32. The van der Waals surface area contributed by atoms with Crippen molar-refractivity contribution >= 4 is 22.8 Å². The van der Waals surface area contributed by atoms with E-state index in [1.807, 2.05) is 18.2 Å². The highest BCUT2D eigenvalue weighted by Crippen LogP contribution is 2.35. The summed E-state index contributed by atoms with van der Waals surface area (Å²) in [6.45, 7) is 2.97. The molecule has 0 saturated heterocycles. The molecule has 0 bridgehead atoms. The molecule has 1 aliphatic heterocycles. The molecule has 0 radical (unpaired) electrons. The molecule has 1 aliphatic rings. The first-order valence-corrected chi connectivity index (χ1v) is 7.91. The van der Waals surface area contributed by atoms with Gasteiger partial charge in [0.15, 0.2) is 5.76 Å². The molecule has 4 heteroatoms. The lowest BCUT2D eigenvalue weighted by Gasteiger charge is -2.01. The fourth-order valence-electron chi connectivity index (χ4n) is 3.09. The summed E-state index contributed by atoms with van der Waals surface area (Å²) in [4.78, 5) is 12.6. The van der Waals surface area contributed by atoms with E-state index in [1.54, 1.807) is 25.3 Å². The maximum Gasteiger partial charge on any atom is 0.231 e. The first-order chi connectivity index (χ1) is 11.7. The number of aryl methyl sites for hydroxylation is 1. The molecule has 0 saturated carbocycles. The Kier molecular flexibility index (Phi) is 3.38.